The molecule has 4 rings (SSSR count). The Morgan fingerprint density at radius 2 is 2.18 bits per heavy atom. The van der Waals surface area contributed by atoms with Crippen LogP contribution >= 0.6 is 15.9 Å². The average molecular weight is 355 g/mol. The van der Waals surface area contributed by atoms with Gasteiger partial charge in [0.05, 0.1) is 5.92 Å². The summed E-state index contributed by atoms with van der Waals surface area (Å²) in [6.07, 6.45) is 14.2. The molecule has 2 aliphatic carbocycles. The highest BCUT2D eigenvalue weighted by atomic mass is 79.9. The fourth-order valence-corrected chi connectivity index (χ4v) is 4.02. The number of rotatable bonds is 1. The van der Waals surface area contributed by atoms with Crippen LogP contribution in [0.15, 0.2) is 64.9 Å². The summed E-state index contributed by atoms with van der Waals surface area (Å²) in [4.78, 5) is 0. The molecule has 1 nitrogen and oxygen atoms in total. The number of allylic oxidation sites excluding steroid dienone is 8. The van der Waals surface area contributed by atoms with Gasteiger partial charge in [-0.25, -0.2) is 0 Å². The number of hydrogen-bond donors (Lipinski definition) is 0. The molecule has 0 saturated carbocycles. The highest BCUT2D eigenvalue weighted by Gasteiger charge is 2.38. The van der Waals surface area contributed by atoms with E-state index in [1.165, 1.54) is 11.1 Å². The molecular weight excluding hydrogens is 336 g/mol. The Kier molecular flexibility index (Phi) is 3.19. The number of hydrogen-bond acceptors (Lipinski definition) is 1. The highest BCUT2D eigenvalue weighted by Crippen LogP contribution is 2.51. The summed E-state index contributed by atoms with van der Waals surface area (Å²) in [5.41, 5.74) is 2.62. The third-order valence-electron chi connectivity index (χ3n) is 5.05. The Morgan fingerprint density at radius 1 is 1.32 bits per heavy atom. The number of ether oxygens (including phenoxy) is 1. The van der Waals surface area contributed by atoms with E-state index in [-0.39, 0.29) is 5.41 Å². The zero-order valence-electron chi connectivity index (χ0n) is 12.8. The van der Waals surface area contributed by atoms with E-state index in [2.05, 4.69) is 84.4 Å². The molecule has 0 bridgehead atoms. The monoisotopic (exact) mass is 354 g/mol. The largest absolute Gasteiger partial charge is 0.460 e. The predicted octanol–water partition coefficient (Wildman–Crippen LogP) is 5.75. The lowest BCUT2D eigenvalue weighted by atomic mass is 9.75. The maximum Gasteiger partial charge on any atom is 0.134 e. The summed E-state index contributed by atoms with van der Waals surface area (Å²) in [6.45, 7) is 4.55. The van der Waals surface area contributed by atoms with Crippen molar-refractivity contribution in [2.45, 2.75) is 31.6 Å². The Hall–Kier alpha value is -1.54. The minimum atomic E-state index is -0.00661. The van der Waals surface area contributed by atoms with Crippen LogP contribution in [0.3, 0.4) is 0 Å². The summed E-state index contributed by atoms with van der Waals surface area (Å²) >= 11 is 3.56. The SMILES string of the molecule is CC1C=CC=C2Oc3c(cccc3C3(C)C=CC(Br)=CC3)[C@H]21. The van der Waals surface area contributed by atoms with E-state index in [4.69, 9.17) is 4.74 Å². The van der Waals surface area contributed by atoms with Crippen molar-refractivity contribution in [1.82, 2.24) is 0 Å². The number of halogens is 1. The fraction of sp³-hybridized carbons (Fsp3) is 0.300. The van der Waals surface area contributed by atoms with E-state index in [1.54, 1.807) is 0 Å². The lowest BCUT2D eigenvalue weighted by Crippen LogP contribution is -2.20. The summed E-state index contributed by atoms with van der Waals surface area (Å²) in [5.74, 6) is 3.03. The third kappa shape index (κ3) is 2.04. The van der Waals surface area contributed by atoms with Gasteiger partial charge in [-0.15, -0.1) is 0 Å². The number of benzene rings is 1. The van der Waals surface area contributed by atoms with E-state index in [1.807, 2.05) is 0 Å². The van der Waals surface area contributed by atoms with Gasteiger partial charge in [-0.1, -0.05) is 78.4 Å². The van der Waals surface area contributed by atoms with E-state index in [0.717, 1.165) is 22.4 Å². The first-order valence-electron chi connectivity index (χ1n) is 7.83. The van der Waals surface area contributed by atoms with E-state index in [0.29, 0.717) is 11.8 Å². The van der Waals surface area contributed by atoms with Crippen LogP contribution in [0.4, 0.5) is 0 Å². The molecule has 0 spiro atoms. The average Bonchev–Trinajstić information content (AvgIpc) is 2.90. The molecule has 22 heavy (non-hydrogen) atoms. The molecule has 3 aliphatic rings. The summed E-state index contributed by atoms with van der Waals surface area (Å²) in [7, 11) is 0. The van der Waals surface area contributed by atoms with Gasteiger partial charge in [0, 0.05) is 21.0 Å². The van der Waals surface area contributed by atoms with Gasteiger partial charge in [0.15, 0.2) is 0 Å². The minimum Gasteiger partial charge on any atom is -0.460 e. The molecule has 112 valence electrons. The van der Waals surface area contributed by atoms with Crippen LogP contribution in [0.1, 0.15) is 37.3 Å². The second-order valence-corrected chi connectivity index (χ2v) is 7.58. The molecule has 1 heterocycles. The second-order valence-electron chi connectivity index (χ2n) is 6.66. The van der Waals surface area contributed by atoms with Crippen LogP contribution in [-0.2, 0) is 5.41 Å². The topological polar surface area (TPSA) is 9.23 Å². The van der Waals surface area contributed by atoms with E-state index in [9.17, 15) is 0 Å². The van der Waals surface area contributed by atoms with Crippen molar-refractivity contribution in [3.63, 3.8) is 0 Å². The third-order valence-corrected chi connectivity index (χ3v) is 5.64. The standard InChI is InChI=1S/C20H19BrO/c1-13-5-3-8-17-18(13)15-6-4-7-16(19(15)22-17)20(2)11-9-14(21)10-12-20/h3-11,13,18H,12H2,1-2H3/t13?,18-,20?/m1/s1. The van der Waals surface area contributed by atoms with Gasteiger partial charge in [-0.2, -0.15) is 0 Å². The van der Waals surface area contributed by atoms with Gasteiger partial charge in [0.2, 0.25) is 0 Å². The molecular formula is C20H19BrO. The second kappa shape index (κ2) is 4.99. The van der Waals surface area contributed by atoms with E-state index < -0.39 is 0 Å². The summed E-state index contributed by atoms with van der Waals surface area (Å²) < 4.78 is 7.46. The molecule has 2 heteroatoms. The zero-order valence-corrected chi connectivity index (χ0v) is 14.4. The van der Waals surface area contributed by atoms with Crippen LogP contribution in [0.5, 0.6) is 5.75 Å². The Balaban J connectivity index is 1.82. The first-order valence-corrected chi connectivity index (χ1v) is 8.62. The van der Waals surface area contributed by atoms with Crippen molar-refractivity contribution < 1.29 is 4.74 Å². The summed E-state index contributed by atoms with van der Waals surface area (Å²) in [6, 6.07) is 6.62. The summed E-state index contributed by atoms with van der Waals surface area (Å²) in [5, 5.41) is 0. The molecule has 0 amide bonds. The van der Waals surface area contributed by atoms with Gasteiger partial charge in [0.25, 0.3) is 0 Å². The van der Waals surface area contributed by atoms with Gasteiger partial charge in [-0.3, -0.25) is 0 Å². The van der Waals surface area contributed by atoms with Crippen LogP contribution in [0.25, 0.3) is 0 Å². The normalized spacial score (nSPS) is 32.0. The molecule has 2 unspecified atom stereocenters. The van der Waals surface area contributed by atoms with Crippen molar-refractivity contribution in [1.29, 1.82) is 0 Å². The minimum absolute atomic E-state index is 0.00661. The smallest absolute Gasteiger partial charge is 0.134 e. The predicted molar refractivity (Wildman–Crippen MR) is 94.3 cm³/mol. The molecule has 1 aromatic carbocycles. The van der Waals surface area contributed by atoms with Crippen LogP contribution in [-0.4, -0.2) is 0 Å². The van der Waals surface area contributed by atoms with Gasteiger partial charge in [0.1, 0.15) is 11.5 Å². The molecule has 0 saturated heterocycles. The van der Waals surface area contributed by atoms with Gasteiger partial charge < -0.3 is 4.74 Å². The van der Waals surface area contributed by atoms with Gasteiger partial charge >= 0.3 is 0 Å². The number of fused-ring (bicyclic) bond motifs is 3. The lowest BCUT2D eigenvalue weighted by molar-refractivity contribution is 0.395. The van der Waals surface area contributed by atoms with Crippen molar-refractivity contribution in [3.05, 3.63) is 76.0 Å². The molecule has 0 aromatic heterocycles. The van der Waals surface area contributed by atoms with Crippen molar-refractivity contribution in [2.75, 3.05) is 0 Å². The van der Waals surface area contributed by atoms with E-state index >= 15 is 0 Å². The highest BCUT2D eigenvalue weighted by molar-refractivity contribution is 9.11. The molecule has 0 radical (unpaired) electrons. The van der Waals surface area contributed by atoms with Crippen LogP contribution in [0, 0.1) is 5.92 Å². The van der Waals surface area contributed by atoms with Crippen molar-refractivity contribution in [2.24, 2.45) is 5.92 Å². The Labute approximate surface area is 140 Å². The maximum atomic E-state index is 6.30. The molecule has 1 aliphatic heterocycles. The fourth-order valence-electron chi connectivity index (χ4n) is 3.72. The molecule has 1 aromatic rings. The van der Waals surface area contributed by atoms with Crippen molar-refractivity contribution in [3.8, 4) is 5.75 Å². The zero-order chi connectivity index (χ0) is 15.3. The molecule has 3 atom stereocenters. The van der Waals surface area contributed by atoms with Crippen molar-refractivity contribution >= 4 is 15.9 Å². The first-order chi connectivity index (χ1) is 10.6. The van der Waals surface area contributed by atoms with Crippen LogP contribution < -0.4 is 4.74 Å². The quantitative estimate of drug-likeness (QED) is 0.623. The van der Waals surface area contributed by atoms with Crippen LogP contribution in [0.2, 0.25) is 0 Å². The molecule has 0 fully saturated rings. The Bertz CT molecular complexity index is 753. The number of para-hydroxylation sites is 1. The Morgan fingerprint density at radius 3 is 2.95 bits per heavy atom. The molecule has 0 N–H and O–H groups in total. The lowest BCUT2D eigenvalue weighted by Gasteiger charge is -2.29. The maximum absolute atomic E-state index is 6.30. The van der Waals surface area contributed by atoms with Gasteiger partial charge in [-0.05, 0) is 18.4 Å². The first kappa shape index (κ1) is 14.1.